The van der Waals surface area contributed by atoms with Crippen LogP contribution in [0, 0.1) is 12.3 Å². The smallest absolute Gasteiger partial charge is 0.283 e. The van der Waals surface area contributed by atoms with E-state index in [1.807, 2.05) is 31.2 Å². The molecule has 0 unspecified atom stereocenters. The normalized spacial score (nSPS) is 17.1. The average molecular weight is 485 g/mol. The lowest BCUT2D eigenvalue weighted by Crippen LogP contribution is -2.45. The number of fused-ring (bicyclic) bond motifs is 1. The van der Waals surface area contributed by atoms with Gasteiger partial charge in [-0.05, 0) is 41.8 Å². The van der Waals surface area contributed by atoms with Gasteiger partial charge in [-0.1, -0.05) is 30.3 Å². The number of methoxy groups -OCH3 is 1. The van der Waals surface area contributed by atoms with Crippen molar-refractivity contribution in [3.05, 3.63) is 64.7 Å². The van der Waals surface area contributed by atoms with Crippen LogP contribution < -0.4 is 9.47 Å². The van der Waals surface area contributed by atoms with Crippen LogP contribution in [-0.4, -0.2) is 48.8 Å². The van der Waals surface area contributed by atoms with Gasteiger partial charge in [0, 0.05) is 6.26 Å². The van der Waals surface area contributed by atoms with Crippen LogP contribution in [0.4, 0.5) is 0 Å². The number of amidine groups is 3. The number of sulfone groups is 1. The molecule has 0 aromatic heterocycles. The van der Waals surface area contributed by atoms with Gasteiger partial charge in [0.1, 0.15) is 12.4 Å². The third-order valence-corrected chi connectivity index (χ3v) is 6.72. The van der Waals surface area contributed by atoms with Gasteiger partial charge in [-0.15, -0.1) is 0 Å². The summed E-state index contributed by atoms with van der Waals surface area (Å²) in [6.45, 7) is 2.37. The van der Waals surface area contributed by atoms with Gasteiger partial charge in [0.25, 0.3) is 5.91 Å². The maximum absolute atomic E-state index is 12.5. The molecule has 2 aromatic carbocycles. The van der Waals surface area contributed by atoms with Crippen molar-refractivity contribution in [2.24, 2.45) is 9.39 Å². The summed E-state index contributed by atoms with van der Waals surface area (Å²) in [5, 5.41) is 8.14. The van der Waals surface area contributed by atoms with E-state index < -0.39 is 15.7 Å². The molecule has 0 spiro atoms. The minimum absolute atomic E-state index is 0.0418. The van der Waals surface area contributed by atoms with Crippen LogP contribution in [0.25, 0.3) is 6.08 Å². The first kappa shape index (κ1) is 22.7. The van der Waals surface area contributed by atoms with Crippen molar-refractivity contribution < 1.29 is 22.7 Å². The van der Waals surface area contributed by atoms with Crippen molar-refractivity contribution >= 4 is 49.9 Å². The number of carbonyl (C=O) groups is 1. The van der Waals surface area contributed by atoms with Gasteiger partial charge in [-0.25, -0.2) is 13.3 Å². The molecule has 2 aliphatic heterocycles. The lowest BCUT2D eigenvalue weighted by atomic mass is 10.1. The molecule has 0 fully saturated rings. The van der Waals surface area contributed by atoms with Crippen molar-refractivity contribution in [2.75, 3.05) is 13.4 Å². The van der Waals surface area contributed by atoms with Gasteiger partial charge in [-0.3, -0.25) is 10.2 Å². The Hall–Kier alpha value is -3.44. The lowest BCUT2D eigenvalue weighted by molar-refractivity contribution is -0.114. The summed E-state index contributed by atoms with van der Waals surface area (Å²) < 4.78 is 39.2. The Morgan fingerprint density at radius 1 is 1.18 bits per heavy atom. The molecule has 0 radical (unpaired) electrons. The molecule has 4 rings (SSSR count). The summed E-state index contributed by atoms with van der Waals surface area (Å²) in [6, 6.07) is 13.0. The molecule has 2 aromatic rings. The van der Waals surface area contributed by atoms with Crippen molar-refractivity contribution in [3.63, 3.8) is 0 Å². The van der Waals surface area contributed by atoms with Gasteiger partial charge in [-0.2, -0.15) is 9.39 Å². The molecule has 1 N–H and O–H groups in total. The van der Waals surface area contributed by atoms with Crippen LogP contribution in [0.2, 0.25) is 0 Å². The Morgan fingerprint density at radius 3 is 2.64 bits per heavy atom. The number of hydrogen-bond donors (Lipinski definition) is 1. The molecule has 170 valence electrons. The Bertz CT molecular complexity index is 1360. The van der Waals surface area contributed by atoms with Crippen molar-refractivity contribution in [3.8, 4) is 11.5 Å². The van der Waals surface area contributed by atoms with E-state index >= 15 is 0 Å². The Morgan fingerprint density at radius 2 is 1.94 bits per heavy atom. The van der Waals surface area contributed by atoms with Crippen molar-refractivity contribution in [1.29, 1.82) is 5.41 Å². The molecule has 1 amide bonds. The standard InChI is InChI=1S/C22H20N4O5S2/c1-13-6-4-5-7-15(13)12-31-17-9-8-14(11-18(17)30-2)10-16-19(23)26-21(24-20(16)27)32-25-22(26)33(3,28)29/h4-11,23H,12H2,1-3H3/b16-10-,23-19?. The van der Waals surface area contributed by atoms with Crippen LogP contribution in [0.1, 0.15) is 16.7 Å². The largest absolute Gasteiger partial charge is 0.493 e. The minimum atomic E-state index is -3.71. The predicted octanol–water partition coefficient (Wildman–Crippen LogP) is 3.20. The second-order valence-electron chi connectivity index (χ2n) is 7.30. The van der Waals surface area contributed by atoms with E-state index in [2.05, 4.69) is 9.39 Å². The second kappa shape index (κ2) is 8.83. The van der Waals surface area contributed by atoms with E-state index in [0.29, 0.717) is 23.7 Å². The molecule has 2 heterocycles. The highest BCUT2D eigenvalue weighted by Crippen LogP contribution is 2.32. The molecular formula is C22H20N4O5S2. The number of aliphatic imine (C=N–C) groups is 1. The molecule has 0 bridgehead atoms. The number of amides is 1. The topological polar surface area (TPSA) is 121 Å². The van der Waals surface area contributed by atoms with E-state index in [9.17, 15) is 13.2 Å². The summed E-state index contributed by atoms with van der Waals surface area (Å²) in [5.41, 5.74) is 2.66. The maximum atomic E-state index is 12.5. The highest BCUT2D eigenvalue weighted by molar-refractivity contribution is 8.16. The monoisotopic (exact) mass is 484 g/mol. The van der Waals surface area contributed by atoms with Gasteiger partial charge in [0.2, 0.25) is 20.2 Å². The molecule has 2 aliphatic rings. The number of aryl methyl sites for hydroxylation is 1. The van der Waals surface area contributed by atoms with Crippen LogP contribution in [0.3, 0.4) is 0 Å². The summed E-state index contributed by atoms with van der Waals surface area (Å²) >= 11 is 0.749. The number of nitrogens with one attached hydrogen (secondary N) is 1. The summed E-state index contributed by atoms with van der Waals surface area (Å²) in [7, 11) is -2.20. The Labute approximate surface area is 195 Å². The summed E-state index contributed by atoms with van der Waals surface area (Å²) in [4.78, 5) is 17.5. The number of ether oxygens (including phenoxy) is 2. The number of nitrogens with zero attached hydrogens (tertiary/aromatic N) is 3. The van der Waals surface area contributed by atoms with Gasteiger partial charge >= 0.3 is 0 Å². The zero-order valence-corrected chi connectivity index (χ0v) is 19.7. The number of benzene rings is 2. The minimum Gasteiger partial charge on any atom is -0.493 e. The van der Waals surface area contributed by atoms with Crippen LogP contribution >= 0.6 is 11.9 Å². The zero-order valence-electron chi connectivity index (χ0n) is 18.0. The van der Waals surface area contributed by atoms with Gasteiger partial charge in [0.05, 0.1) is 24.6 Å². The van der Waals surface area contributed by atoms with E-state index in [0.717, 1.165) is 34.2 Å². The molecule has 0 aliphatic carbocycles. The third-order valence-electron chi connectivity index (χ3n) is 4.97. The Balaban J connectivity index is 1.61. The van der Waals surface area contributed by atoms with Crippen LogP contribution in [-0.2, 0) is 21.2 Å². The van der Waals surface area contributed by atoms with E-state index in [-0.39, 0.29) is 21.7 Å². The lowest BCUT2D eigenvalue weighted by Gasteiger charge is -2.23. The first-order chi connectivity index (χ1) is 15.7. The number of carbonyl (C=O) groups excluding carboxylic acids is 1. The fourth-order valence-corrected chi connectivity index (χ4v) is 5.07. The summed E-state index contributed by atoms with van der Waals surface area (Å²) in [5.74, 6) is 0.0169. The number of rotatable bonds is 5. The quantitative estimate of drug-likeness (QED) is 0.511. The first-order valence-electron chi connectivity index (χ1n) is 9.73. The van der Waals surface area contributed by atoms with Crippen molar-refractivity contribution in [2.45, 2.75) is 13.5 Å². The van der Waals surface area contributed by atoms with Crippen LogP contribution in [0.15, 0.2) is 57.4 Å². The molecular weight excluding hydrogens is 464 g/mol. The second-order valence-corrected chi connectivity index (χ2v) is 9.94. The highest BCUT2D eigenvalue weighted by Gasteiger charge is 2.41. The maximum Gasteiger partial charge on any atom is 0.283 e. The van der Waals surface area contributed by atoms with E-state index in [1.54, 1.807) is 18.2 Å². The molecule has 9 nitrogen and oxygen atoms in total. The fourth-order valence-electron chi connectivity index (χ4n) is 3.22. The van der Waals surface area contributed by atoms with Gasteiger partial charge in [0.15, 0.2) is 11.5 Å². The van der Waals surface area contributed by atoms with E-state index in [1.165, 1.54) is 13.2 Å². The van der Waals surface area contributed by atoms with Crippen molar-refractivity contribution in [1.82, 2.24) is 4.90 Å². The molecule has 11 heteroatoms. The molecule has 0 atom stereocenters. The van der Waals surface area contributed by atoms with Crippen LogP contribution in [0.5, 0.6) is 11.5 Å². The van der Waals surface area contributed by atoms with E-state index in [4.69, 9.17) is 14.9 Å². The number of hydrogen-bond acceptors (Lipinski definition) is 8. The SMILES string of the molecule is COc1cc(/C=C2/C(=N)N3C(=NC2=O)SN=C3S(C)(=O)=O)ccc1OCc1ccccc1C. The highest BCUT2D eigenvalue weighted by atomic mass is 32.2. The Kier molecular flexibility index (Phi) is 6.09. The van der Waals surface area contributed by atoms with Gasteiger partial charge < -0.3 is 9.47 Å². The third kappa shape index (κ3) is 4.55. The summed E-state index contributed by atoms with van der Waals surface area (Å²) in [6.07, 6.45) is 2.45. The fraction of sp³-hybridized carbons (Fsp3) is 0.182. The zero-order chi connectivity index (χ0) is 23.8. The molecule has 0 saturated carbocycles. The first-order valence-corrected chi connectivity index (χ1v) is 12.4. The molecule has 0 saturated heterocycles. The molecule has 33 heavy (non-hydrogen) atoms. The average Bonchev–Trinajstić information content (AvgIpc) is 3.21. The predicted molar refractivity (Wildman–Crippen MR) is 128 cm³/mol.